The van der Waals surface area contributed by atoms with E-state index >= 15 is 0 Å². The van der Waals surface area contributed by atoms with E-state index in [1.165, 1.54) is 0 Å². The molecular weight excluding hydrogens is 314 g/mol. The highest BCUT2D eigenvalue weighted by atomic mass is 16.5. The van der Waals surface area contributed by atoms with Gasteiger partial charge >= 0.3 is 0 Å². The second-order valence-electron chi connectivity index (χ2n) is 6.28. The van der Waals surface area contributed by atoms with Crippen LogP contribution in [0.5, 0.6) is 0 Å². The molecule has 3 heterocycles. The molecule has 1 aliphatic rings. The summed E-state index contributed by atoms with van der Waals surface area (Å²) in [4.78, 5) is 4.36. The number of hydrogen-bond donors (Lipinski definition) is 1. The zero-order chi connectivity index (χ0) is 17.2. The Balaban J connectivity index is 1.60. The summed E-state index contributed by atoms with van der Waals surface area (Å²) in [5.41, 5.74) is 3.39. The van der Waals surface area contributed by atoms with Crippen LogP contribution in [0, 0.1) is 17.2 Å². The second kappa shape index (κ2) is 6.54. The smallest absolute Gasteiger partial charge is 0.104 e. The summed E-state index contributed by atoms with van der Waals surface area (Å²) in [6.45, 7) is 1.48. The third kappa shape index (κ3) is 2.83. The molecule has 1 aliphatic heterocycles. The van der Waals surface area contributed by atoms with Crippen LogP contribution in [0.3, 0.4) is 0 Å². The van der Waals surface area contributed by atoms with Gasteiger partial charge in [0.25, 0.3) is 0 Å². The number of ether oxygens (including phenoxy) is 1. The fourth-order valence-electron chi connectivity index (χ4n) is 3.48. The van der Waals surface area contributed by atoms with Crippen LogP contribution >= 0.6 is 0 Å². The van der Waals surface area contributed by atoms with Crippen molar-refractivity contribution >= 4 is 16.6 Å². The average Bonchev–Trinajstić information content (AvgIpc) is 3.27. The standard InChI is InChI=1S/C19H19N5O/c1-24-17(6-8-23-24)19-13(7-9-25-19)11-22-18-14(10-20)12-21-16-5-3-2-4-15(16)18/h2-6,8,12-13,19H,7,9,11H2,1H3,(H,21,22)/t13-,19+/m0/s1. The van der Waals surface area contributed by atoms with Crippen molar-refractivity contribution in [2.75, 3.05) is 18.5 Å². The minimum Gasteiger partial charge on any atom is -0.383 e. The molecule has 0 aliphatic carbocycles. The van der Waals surface area contributed by atoms with Gasteiger partial charge in [0.15, 0.2) is 0 Å². The molecular formula is C19H19N5O. The predicted octanol–water partition coefficient (Wildman–Crippen LogP) is 3.03. The first-order valence-electron chi connectivity index (χ1n) is 8.39. The van der Waals surface area contributed by atoms with Gasteiger partial charge in [-0.1, -0.05) is 18.2 Å². The molecule has 3 aromatic rings. The van der Waals surface area contributed by atoms with Crippen molar-refractivity contribution < 1.29 is 4.74 Å². The third-order valence-corrected chi connectivity index (χ3v) is 4.80. The van der Waals surface area contributed by atoms with Crippen LogP contribution in [0.15, 0.2) is 42.7 Å². The molecule has 1 N–H and O–H groups in total. The molecule has 6 nitrogen and oxygen atoms in total. The van der Waals surface area contributed by atoms with E-state index in [1.54, 1.807) is 12.4 Å². The summed E-state index contributed by atoms with van der Waals surface area (Å²) in [5.74, 6) is 0.328. The van der Waals surface area contributed by atoms with Gasteiger partial charge in [0.05, 0.1) is 22.5 Å². The minimum atomic E-state index is 0.0265. The lowest BCUT2D eigenvalue weighted by Crippen LogP contribution is -2.20. The van der Waals surface area contributed by atoms with Crippen LogP contribution < -0.4 is 5.32 Å². The van der Waals surface area contributed by atoms with Crippen molar-refractivity contribution in [1.29, 1.82) is 5.26 Å². The molecule has 0 amide bonds. The van der Waals surface area contributed by atoms with Crippen molar-refractivity contribution in [3.05, 3.63) is 54.0 Å². The quantitative estimate of drug-likeness (QED) is 0.794. The number of pyridine rings is 1. The van der Waals surface area contributed by atoms with Crippen LogP contribution in [0.1, 0.15) is 23.8 Å². The van der Waals surface area contributed by atoms with Crippen molar-refractivity contribution in [2.45, 2.75) is 12.5 Å². The van der Waals surface area contributed by atoms with Gasteiger partial charge < -0.3 is 10.1 Å². The number of nitrogens with one attached hydrogen (secondary N) is 1. The van der Waals surface area contributed by atoms with Crippen LogP contribution in [0.25, 0.3) is 10.9 Å². The summed E-state index contributed by atoms with van der Waals surface area (Å²) >= 11 is 0. The first-order chi connectivity index (χ1) is 12.3. The van der Waals surface area contributed by atoms with Crippen LogP contribution in [-0.4, -0.2) is 27.9 Å². The van der Waals surface area contributed by atoms with E-state index in [1.807, 2.05) is 42.1 Å². The number of fused-ring (bicyclic) bond motifs is 1. The van der Waals surface area contributed by atoms with Crippen LogP contribution in [-0.2, 0) is 11.8 Å². The molecule has 0 unspecified atom stereocenters. The SMILES string of the molecule is Cn1nccc1[C@@H]1OCC[C@H]1CNc1c(C#N)cnc2ccccc12. The number of anilines is 1. The maximum Gasteiger partial charge on any atom is 0.104 e. The number of nitrogens with zero attached hydrogens (tertiary/aromatic N) is 4. The highest BCUT2D eigenvalue weighted by molar-refractivity contribution is 5.93. The maximum absolute atomic E-state index is 9.44. The van der Waals surface area contributed by atoms with Crippen LogP contribution in [0.2, 0.25) is 0 Å². The Kier molecular flexibility index (Phi) is 4.08. The molecule has 4 rings (SSSR count). The highest BCUT2D eigenvalue weighted by Gasteiger charge is 2.31. The maximum atomic E-state index is 9.44. The van der Waals surface area contributed by atoms with Gasteiger partial charge in [-0.05, 0) is 18.6 Å². The topological polar surface area (TPSA) is 75.8 Å². The lowest BCUT2D eigenvalue weighted by atomic mass is 9.98. The van der Waals surface area contributed by atoms with E-state index in [0.29, 0.717) is 11.5 Å². The molecule has 0 spiro atoms. The van der Waals surface area contributed by atoms with Crippen molar-refractivity contribution in [2.24, 2.45) is 13.0 Å². The normalized spacial score (nSPS) is 19.8. The molecule has 0 saturated carbocycles. The lowest BCUT2D eigenvalue weighted by molar-refractivity contribution is 0.0866. The van der Waals surface area contributed by atoms with E-state index in [0.717, 1.165) is 41.9 Å². The van der Waals surface area contributed by atoms with E-state index in [4.69, 9.17) is 4.74 Å². The van der Waals surface area contributed by atoms with Gasteiger partial charge in [-0.25, -0.2) is 0 Å². The number of rotatable bonds is 4. The molecule has 1 saturated heterocycles. The highest BCUT2D eigenvalue weighted by Crippen LogP contribution is 2.35. The largest absolute Gasteiger partial charge is 0.383 e. The Bertz CT molecular complexity index is 942. The van der Waals surface area contributed by atoms with E-state index in [-0.39, 0.29) is 6.10 Å². The molecule has 25 heavy (non-hydrogen) atoms. The Morgan fingerprint density at radius 3 is 3.04 bits per heavy atom. The summed E-state index contributed by atoms with van der Waals surface area (Å²) < 4.78 is 7.81. The van der Waals surface area contributed by atoms with Crippen LogP contribution in [0.4, 0.5) is 5.69 Å². The molecule has 6 heteroatoms. The summed E-state index contributed by atoms with van der Waals surface area (Å²) in [7, 11) is 1.94. The number of nitriles is 1. The minimum absolute atomic E-state index is 0.0265. The van der Waals surface area contributed by atoms with Crippen molar-refractivity contribution in [3.8, 4) is 6.07 Å². The van der Waals surface area contributed by atoms with Gasteiger partial charge in [-0.2, -0.15) is 10.4 Å². The monoisotopic (exact) mass is 333 g/mol. The molecule has 2 aromatic heterocycles. The average molecular weight is 333 g/mol. The number of aryl methyl sites for hydroxylation is 1. The zero-order valence-electron chi connectivity index (χ0n) is 14.0. The third-order valence-electron chi connectivity index (χ3n) is 4.80. The number of aromatic nitrogens is 3. The summed E-state index contributed by atoms with van der Waals surface area (Å²) in [6.07, 6.45) is 4.44. The first kappa shape index (κ1) is 15.6. The summed E-state index contributed by atoms with van der Waals surface area (Å²) in [6, 6.07) is 12.1. The van der Waals surface area contributed by atoms with Gasteiger partial charge in [-0.3, -0.25) is 9.67 Å². The molecule has 126 valence electrons. The van der Waals surface area contributed by atoms with Crippen molar-refractivity contribution in [1.82, 2.24) is 14.8 Å². The van der Waals surface area contributed by atoms with E-state index in [2.05, 4.69) is 21.5 Å². The van der Waals surface area contributed by atoms with Gasteiger partial charge in [0.1, 0.15) is 12.2 Å². The zero-order valence-corrected chi connectivity index (χ0v) is 14.0. The molecule has 1 aromatic carbocycles. The second-order valence-corrected chi connectivity index (χ2v) is 6.28. The lowest BCUT2D eigenvalue weighted by Gasteiger charge is -2.20. The number of hydrogen-bond acceptors (Lipinski definition) is 5. The van der Waals surface area contributed by atoms with Crippen molar-refractivity contribution in [3.63, 3.8) is 0 Å². The van der Waals surface area contributed by atoms with Gasteiger partial charge in [0.2, 0.25) is 0 Å². The van der Waals surface area contributed by atoms with E-state index < -0.39 is 0 Å². The number of benzene rings is 1. The molecule has 0 radical (unpaired) electrons. The first-order valence-corrected chi connectivity index (χ1v) is 8.39. The number of para-hydroxylation sites is 1. The Morgan fingerprint density at radius 1 is 1.36 bits per heavy atom. The molecule has 1 fully saturated rings. The molecule has 2 atom stereocenters. The van der Waals surface area contributed by atoms with Gasteiger partial charge in [-0.15, -0.1) is 0 Å². The Morgan fingerprint density at radius 2 is 2.24 bits per heavy atom. The predicted molar refractivity (Wildman–Crippen MR) is 95.0 cm³/mol. The fraction of sp³-hybridized carbons (Fsp3) is 0.316. The Labute approximate surface area is 146 Å². The fourth-order valence-corrected chi connectivity index (χ4v) is 3.48. The van der Waals surface area contributed by atoms with E-state index in [9.17, 15) is 5.26 Å². The van der Waals surface area contributed by atoms with Gasteiger partial charge in [0, 0.05) is 43.9 Å². The Hall–Kier alpha value is -2.91. The molecule has 0 bridgehead atoms. The summed E-state index contributed by atoms with van der Waals surface area (Å²) in [5, 5.41) is 18.1.